The molecule has 0 bridgehead atoms. The van der Waals surface area contributed by atoms with Crippen molar-refractivity contribution in [3.8, 4) is 17.1 Å². The van der Waals surface area contributed by atoms with E-state index in [-0.39, 0.29) is 0 Å². The SMILES string of the molecule is FC(F)(F)c1ccc(-n2c(-c3ccccc3)nc3cnccc32)cc1. The van der Waals surface area contributed by atoms with E-state index in [0.29, 0.717) is 17.0 Å². The molecule has 0 aliphatic carbocycles. The molecule has 0 radical (unpaired) electrons. The Morgan fingerprint density at radius 2 is 1.56 bits per heavy atom. The first-order valence-corrected chi connectivity index (χ1v) is 7.59. The first-order chi connectivity index (χ1) is 12.0. The molecular formula is C19H12F3N3. The molecule has 2 aromatic heterocycles. The number of hydrogen-bond acceptors (Lipinski definition) is 2. The van der Waals surface area contributed by atoms with Crippen LogP contribution in [0.4, 0.5) is 13.2 Å². The topological polar surface area (TPSA) is 30.7 Å². The number of nitrogens with zero attached hydrogens (tertiary/aromatic N) is 3. The molecule has 0 spiro atoms. The fourth-order valence-electron chi connectivity index (χ4n) is 2.77. The van der Waals surface area contributed by atoms with Crippen molar-refractivity contribution in [2.45, 2.75) is 6.18 Å². The second kappa shape index (κ2) is 5.73. The minimum atomic E-state index is -4.36. The Bertz CT molecular complexity index is 1020. The van der Waals surface area contributed by atoms with Gasteiger partial charge in [-0.3, -0.25) is 9.55 Å². The molecule has 0 saturated carbocycles. The van der Waals surface area contributed by atoms with E-state index in [9.17, 15) is 13.2 Å². The van der Waals surface area contributed by atoms with Gasteiger partial charge in [0.05, 0.1) is 17.3 Å². The minimum absolute atomic E-state index is 0.612. The van der Waals surface area contributed by atoms with Crippen molar-refractivity contribution in [2.75, 3.05) is 0 Å². The zero-order valence-electron chi connectivity index (χ0n) is 12.9. The van der Waals surface area contributed by atoms with Crippen LogP contribution in [-0.4, -0.2) is 14.5 Å². The second-order valence-corrected chi connectivity index (χ2v) is 5.55. The quantitative estimate of drug-likeness (QED) is 0.508. The Kier molecular flexibility index (Phi) is 3.53. The van der Waals surface area contributed by atoms with Gasteiger partial charge in [-0.15, -0.1) is 0 Å². The Hall–Kier alpha value is -3.15. The molecular weight excluding hydrogens is 327 g/mol. The highest BCUT2D eigenvalue weighted by atomic mass is 19.4. The number of fused-ring (bicyclic) bond motifs is 1. The predicted molar refractivity (Wildman–Crippen MR) is 89.3 cm³/mol. The third-order valence-corrected chi connectivity index (χ3v) is 3.94. The standard InChI is InChI=1S/C19H12F3N3/c20-19(21,22)14-6-8-15(9-7-14)25-17-10-11-23-12-16(17)24-18(25)13-4-2-1-3-5-13/h1-12H. The van der Waals surface area contributed by atoms with Crippen LogP contribution in [0, 0.1) is 0 Å². The van der Waals surface area contributed by atoms with Crippen LogP contribution < -0.4 is 0 Å². The summed E-state index contributed by atoms with van der Waals surface area (Å²) in [5.74, 6) is 0.656. The van der Waals surface area contributed by atoms with Crippen LogP contribution >= 0.6 is 0 Å². The average molecular weight is 339 g/mol. The molecule has 4 aromatic rings. The van der Waals surface area contributed by atoms with Gasteiger partial charge in [0, 0.05) is 17.4 Å². The first kappa shape index (κ1) is 15.4. The smallest absolute Gasteiger partial charge is 0.292 e. The van der Waals surface area contributed by atoms with E-state index in [1.807, 2.05) is 34.9 Å². The van der Waals surface area contributed by atoms with E-state index in [1.54, 1.807) is 18.5 Å². The van der Waals surface area contributed by atoms with Crippen LogP contribution in [0.5, 0.6) is 0 Å². The van der Waals surface area contributed by atoms with Crippen molar-refractivity contribution < 1.29 is 13.2 Å². The highest BCUT2D eigenvalue weighted by Crippen LogP contribution is 2.32. The number of pyridine rings is 1. The summed E-state index contributed by atoms with van der Waals surface area (Å²) in [4.78, 5) is 8.69. The van der Waals surface area contributed by atoms with Crippen LogP contribution in [0.25, 0.3) is 28.1 Å². The summed E-state index contributed by atoms with van der Waals surface area (Å²) in [5.41, 5.74) is 2.28. The maximum atomic E-state index is 12.8. The summed E-state index contributed by atoms with van der Waals surface area (Å²) in [6, 6.07) is 16.4. The fourth-order valence-corrected chi connectivity index (χ4v) is 2.77. The number of rotatable bonds is 2. The van der Waals surface area contributed by atoms with Crippen LogP contribution in [0.3, 0.4) is 0 Å². The van der Waals surface area contributed by atoms with Crippen LogP contribution in [-0.2, 0) is 6.18 Å². The summed E-state index contributed by atoms with van der Waals surface area (Å²) in [6.45, 7) is 0. The first-order valence-electron chi connectivity index (χ1n) is 7.59. The van der Waals surface area contributed by atoms with E-state index in [4.69, 9.17) is 0 Å². The molecule has 0 atom stereocenters. The third kappa shape index (κ3) is 2.76. The fraction of sp³-hybridized carbons (Fsp3) is 0.0526. The molecule has 0 aliphatic heterocycles. The van der Waals surface area contributed by atoms with Gasteiger partial charge in [0.25, 0.3) is 0 Å². The van der Waals surface area contributed by atoms with Gasteiger partial charge < -0.3 is 0 Å². The molecule has 0 amide bonds. The number of halogens is 3. The van der Waals surface area contributed by atoms with Gasteiger partial charge in [-0.2, -0.15) is 13.2 Å². The highest BCUT2D eigenvalue weighted by Gasteiger charge is 2.30. The summed E-state index contributed by atoms with van der Waals surface area (Å²) in [5, 5.41) is 0. The van der Waals surface area contributed by atoms with Crippen molar-refractivity contribution >= 4 is 11.0 Å². The molecule has 2 aromatic carbocycles. The van der Waals surface area contributed by atoms with E-state index >= 15 is 0 Å². The molecule has 124 valence electrons. The van der Waals surface area contributed by atoms with Gasteiger partial charge >= 0.3 is 6.18 Å². The van der Waals surface area contributed by atoms with E-state index in [0.717, 1.165) is 23.2 Å². The summed E-state index contributed by atoms with van der Waals surface area (Å²) in [7, 11) is 0. The molecule has 2 heterocycles. The molecule has 4 rings (SSSR count). The molecule has 0 saturated heterocycles. The van der Waals surface area contributed by atoms with Gasteiger partial charge in [-0.05, 0) is 30.3 Å². The lowest BCUT2D eigenvalue weighted by Gasteiger charge is -2.11. The van der Waals surface area contributed by atoms with E-state index in [2.05, 4.69) is 9.97 Å². The summed E-state index contributed by atoms with van der Waals surface area (Å²) >= 11 is 0. The predicted octanol–water partition coefficient (Wildman–Crippen LogP) is 5.11. The zero-order valence-corrected chi connectivity index (χ0v) is 12.9. The Labute approximate surface area is 141 Å². The van der Waals surface area contributed by atoms with Crippen LogP contribution in [0.15, 0.2) is 73.1 Å². The van der Waals surface area contributed by atoms with Gasteiger partial charge in [0.1, 0.15) is 11.3 Å². The average Bonchev–Trinajstić information content (AvgIpc) is 3.01. The van der Waals surface area contributed by atoms with Crippen molar-refractivity contribution in [1.82, 2.24) is 14.5 Å². The van der Waals surface area contributed by atoms with E-state index < -0.39 is 11.7 Å². The number of alkyl halides is 3. The lowest BCUT2D eigenvalue weighted by molar-refractivity contribution is -0.137. The summed E-state index contributed by atoms with van der Waals surface area (Å²) in [6.07, 6.45) is -1.08. The zero-order chi connectivity index (χ0) is 17.4. The van der Waals surface area contributed by atoms with Crippen molar-refractivity contribution in [2.24, 2.45) is 0 Å². The van der Waals surface area contributed by atoms with Gasteiger partial charge in [-0.1, -0.05) is 30.3 Å². The van der Waals surface area contributed by atoms with Gasteiger partial charge in [0.15, 0.2) is 0 Å². The Morgan fingerprint density at radius 3 is 2.24 bits per heavy atom. The number of benzene rings is 2. The molecule has 0 aliphatic rings. The van der Waals surface area contributed by atoms with Gasteiger partial charge in [0.2, 0.25) is 0 Å². The van der Waals surface area contributed by atoms with Crippen LogP contribution in [0.2, 0.25) is 0 Å². The largest absolute Gasteiger partial charge is 0.416 e. The van der Waals surface area contributed by atoms with Crippen molar-refractivity contribution in [1.29, 1.82) is 0 Å². The monoisotopic (exact) mass is 339 g/mol. The number of imidazole rings is 1. The highest BCUT2D eigenvalue weighted by molar-refractivity contribution is 5.82. The maximum absolute atomic E-state index is 12.8. The Balaban J connectivity index is 1.94. The lowest BCUT2D eigenvalue weighted by atomic mass is 10.1. The second-order valence-electron chi connectivity index (χ2n) is 5.55. The van der Waals surface area contributed by atoms with Crippen molar-refractivity contribution in [3.63, 3.8) is 0 Å². The lowest BCUT2D eigenvalue weighted by Crippen LogP contribution is -2.05. The summed E-state index contributed by atoms with van der Waals surface area (Å²) < 4.78 is 40.3. The molecule has 6 heteroatoms. The molecule has 0 N–H and O–H groups in total. The maximum Gasteiger partial charge on any atom is 0.416 e. The molecule has 0 unspecified atom stereocenters. The Morgan fingerprint density at radius 1 is 0.840 bits per heavy atom. The van der Waals surface area contributed by atoms with Gasteiger partial charge in [-0.25, -0.2) is 4.98 Å². The molecule has 3 nitrogen and oxygen atoms in total. The third-order valence-electron chi connectivity index (χ3n) is 3.94. The number of hydrogen-bond donors (Lipinski definition) is 0. The van der Waals surface area contributed by atoms with Crippen molar-refractivity contribution in [3.05, 3.63) is 78.6 Å². The molecule has 0 fully saturated rings. The minimum Gasteiger partial charge on any atom is -0.292 e. The molecule has 25 heavy (non-hydrogen) atoms. The van der Waals surface area contributed by atoms with Crippen LogP contribution in [0.1, 0.15) is 5.56 Å². The number of aromatic nitrogens is 3. The van der Waals surface area contributed by atoms with E-state index in [1.165, 1.54) is 12.1 Å². The normalized spacial score (nSPS) is 11.8.